The van der Waals surface area contributed by atoms with E-state index in [0.717, 1.165) is 24.6 Å². The van der Waals surface area contributed by atoms with Crippen LogP contribution in [0.5, 0.6) is 5.75 Å². The summed E-state index contributed by atoms with van der Waals surface area (Å²) in [4.78, 5) is 21.1. The molecule has 3 atom stereocenters. The third kappa shape index (κ3) is 3.28. The lowest BCUT2D eigenvalue weighted by atomic mass is 10.2. The van der Waals surface area contributed by atoms with Crippen LogP contribution in [0.2, 0.25) is 0 Å². The van der Waals surface area contributed by atoms with Gasteiger partial charge in [0.15, 0.2) is 0 Å². The molecule has 1 saturated carbocycles. The Kier molecular flexibility index (Phi) is 4.62. The van der Waals surface area contributed by atoms with E-state index in [1.54, 1.807) is 12.3 Å². The molecular formula is C21H20F2N4O3. The van der Waals surface area contributed by atoms with E-state index in [-0.39, 0.29) is 5.69 Å². The number of imidazole rings is 1. The number of nitrogens with zero attached hydrogens (tertiary/aromatic N) is 3. The summed E-state index contributed by atoms with van der Waals surface area (Å²) in [7, 11) is 0. The largest absolute Gasteiger partial charge is 0.491 e. The van der Waals surface area contributed by atoms with Crippen LogP contribution in [-0.4, -0.2) is 40.1 Å². The second kappa shape index (κ2) is 7.32. The van der Waals surface area contributed by atoms with E-state index in [4.69, 9.17) is 14.5 Å². The molecule has 3 aromatic rings. The average molecular weight is 414 g/mol. The molecule has 0 bridgehead atoms. The number of anilines is 1. The summed E-state index contributed by atoms with van der Waals surface area (Å²) in [5.41, 5.74) is 1.61. The number of carbonyl (C=O) groups is 1. The van der Waals surface area contributed by atoms with Crippen LogP contribution >= 0.6 is 0 Å². The molecule has 1 amide bonds. The minimum atomic E-state index is -2.75. The molecule has 7 nitrogen and oxygen atoms in total. The SMILES string of the molecule is CCOc1cc2nc([C@H]3[C@@H]4COC[C@@H]43)cn2cc1NC(=O)c1cccc(C(F)F)n1. The van der Waals surface area contributed by atoms with Crippen molar-refractivity contribution in [2.45, 2.75) is 19.3 Å². The highest BCUT2D eigenvalue weighted by Gasteiger charge is 2.55. The number of rotatable bonds is 6. The molecule has 1 aliphatic heterocycles. The first kappa shape index (κ1) is 18.9. The fourth-order valence-electron chi connectivity index (χ4n) is 4.13. The minimum absolute atomic E-state index is 0.0903. The number of nitrogens with one attached hydrogen (secondary N) is 1. The van der Waals surface area contributed by atoms with Crippen molar-refractivity contribution in [2.24, 2.45) is 11.8 Å². The standard InChI is InChI=1S/C21H20F2N4O3/c1-2-30-17-6-18-25-16(19-11-9-29-10-12(11)19)8-27(18)7-15(17)26-21(28)14-5-3-4-13(24-14)20(22)23/h3-8,11-12,19-20H,2,9-10H2,1H3,(H,26,28)/t11-,12+,19+. The molecule has 5 rings (SSSR count). The first-order valence-corrected chi connectivity index (χ1v) is 9.84. The predicted molar refractivity (Wildman–Crippen MR) is 104 cm³/mol. The molecular weight excluding hydrogens is 394 g/mol. The Balaban J connectivity index is 1.44. The molecule has 9 heteroatoms. The van der Waals surface area contributed by atoms with Crippen LogP contribution in [0.3, 0.4) is 0 Å². The maximum Gasteiger partial charge on any atom is 0.280 e. The van der Waals surface area contributed by atoms with Crippen LogP contribution in [0, 0.1) is 11.8 Å². The smallest absolute Gasteiger partial charge is 0.280 e. The highest BCUT2D eigenvalue weighted by molar-refractivity contribution is 6.03. The van der Waals surface area contributed by atoms with Crippen molar-refractivity contribution in [1.82, 2.24) is 14.4 Å². The molecule has 2 fully saturated rings. The van der Waals surface area contributed by atoms with E-state index in [0.29, 0.717) is 35.8 Å². The highest BCUT2D eigenvalue weighted by Crippen LogP contribution is 2.57. The summed E-state index contributed by atoms with van der Waals surface area (Å²) in [6.45, 7) is 3.79. The fourth-order valence-corrected chi connectivity index (χ4v) is 4.13. The third-order valence-corrected chi connectivity index (χ3v) is 5.64. The average Bonchev–Trinajstić information content (AvgIpc) is 3.06. The first-order chi connectivity index (χ1) is 14.5. The zero-order chi connectivity index (χ0) is 20.8. The van der Waals surface area contributed by atoms with E-state index in [1.807, 2.05) is 17.5 Å². The van der Waals surface area contributed by atoms with Crippen molar-refractivity contribution in [1.29, 1.82) is 0 Å². The molecule has 1 saturated heterocycles. The maximum absolute atomic E-state index is 12.9. The van der Waals surface area contributed by atoms with Gasteiger partial charge in [0, 0.05) is 24.4 Å². The Hall–Kier alpha value is -3.07. The van der Waals surface area contributed by atoms with E-state index < -0.39 is 18.0 Å². The molecule has 0 unspecified atom stereocenters. The number of ether oxygens (including phenoxy) is 2. The lowest BCUT2D eigenvalue weighted by Gasteiger charge is -2.12. The Morgan fingerprint density at radius 1 is 1.30 bits per heavy atom. The van der Waals surface area contributed by atoms with Crippen molar-refractivity contribution < 1.29 is 23.0 Å². The number of halogens is 2. The molecule has 1 N–H and O–H groups in total. The number of aromatic nitrogens is 3. The lowest BCUT2D eigenvalue weighted by molar-refractivity contribution is 0.101. The Morgan fingerprint density at radius 3 is 2.83 bits per heavy atom. The molecule has 30 heavy (non-hydrogen) atoms. The van der Waals surface area contributed by atoms with Crippen molar-refractivity contribution in [3.63, 3.8) is 0 Å². The molecule has 156 valence electrons. The number of amides is 1. The van der Waals surface area contributed by atoms with Crippen LogP contribution in [-0.2, 0) is 4.74 Å². The summed E-state index contributed by atoms with van der Waals surface area (Å²) >= 11 is 0. The maximum atomic E-state index is 12.9. The van der Waals surface area contributed by atoms with Gasteiger partial charge in [-0.25, -0.2) is 18.7 Å². The zero-order valence-electron chi connectivity index (χ0n) is 16.2. The van der Waals surface area contributed by atoms with Gasteiger partial charge in [-0.05, 0) is 30.9 Å². The van der Waals surface area contributed by atoms with Gasteiger partial charge in [-0.2, -0.15) is 0 Å². The summed E-state index contributed by atoms with van der Waals surface area (Å²) in [6.07, 6.45) is 0.935. The van der Waals surface area contributed by atoms with Gasteiger partial charge in [-0.3, -0.25) is 4.79 Å². The number of alkyl halides is 2. The number of carbonyl (C=O) groups excluding carboxylic acids is 1. The van der Waals surface area contributed by atoms with E-state index in [2.05, 4.69) is 10.3 Å². The second-order valence-electron chi connectivity index (χ2n) is 7.51. The molecule has 2 aliphatic rings. The lowest BCUT2D eigenvalue weighted by Crippen LogP contribution is -2.16. The monoisotopic (exact) mass is 414 g/mol. The normalized spacial score (nSPS) is 22.3. The van der Waals surface area contributed by atoms with Crippen LogP contribution < -0.4 is 10.1 Å². The number of hydrogen-bond acceptors (Lipinski definition) is 5. The van der Waals surface area contributed by atoms with Gasteiger partial charge in [0.2, 0.25) is 0 Å². The molecule has 3 aromatic heterocycles. The van der Waals surface area contributed by atoms with Gasteiger partial charge in [-0.15, -0.1) is 0 Å². The zero-order valence-corrected chi connectivity index (χ0v) is 16.2. The van der Waals surface area contributed by atoms with Crippen LogP contribution in [0.15, 0.2) is 36.7 Å². The highest BCUT2D eigenvalue weighted by atomic mass is 19.3. The molecule has 0 aromatic carbocycles. The van der Waals surface area contributed by atoms with Crippen molar-refractivity contribution in [3.05, 3.63) is 53.7 Å². The summed E-state index contributed by atoms with van der Waals surface area (Å²) in [6, 6.07) is 5.72. The fraction of sp³-hybridized carbons (Fsp3) is 0.381. The summed E-state index contributed by atoms with van der Waals surface area (Å²) < 4.78 is 38.8. The number of fused-ring (bicyclic) bond motifs is 2. The Morgan fingerprint density at radius 2 is 2.10 bits per heavy atom. The van der Waals surface area contributed by atoms with E-state index in [1.165, 1.54) is 18.2 Å². The Bertz CT molecular complexity index is 1110. The van der Waals surface area contributed by atoms with Crippen molar-refractivity contribution >= 4 is 17.2 Å². The number of pyridine rings is 2. The molecule has 4 heterocycles. The summed E-state index contributed by atoms with van der Waals surface area (Å²) in [5.74, 6) is 1.35. The summed E-state index contributed by atoms with van der Waals surface area (Å²) in [5, 5.41) is 2.72. The topological polar surface area (TPSA) is 77.8 Å². The molecule has 0 radical (unpaired) electrons. The van der Waals surface area contributed by atoms with Crippen molar-refractivity contribution in [3.8, 4) is 5.75 Å². The van der Waals surface area contributed by atoms with Gasteiger partial charge < -0.3 is 19.2 Å². The Labute approximate surface area is 171 Å². The van der Waals surface area contributed by atoms with E-state index in [9.17, 15) is 13.6 Å². The minimum Gasteiger partial charge on any atom is -0.491 e. The van der Waals surface area contributed by atoms with Crippen molar-refractivity contribution in [2.75, 3.05) is 25.1 Å². The van der Waals surface area contributed by atoms with Crippen LogP contribution in [0.4, 0.5) is 14.5 Å². The van der Waals surface area contributed by atoms with Gasteiger partial charge in [-0.1, -0.05) is 6.07 Å². The van der Waals surface area contributed by atoms with Gasteiger partial charge in [0.1, 0.15) is 28.5 Å². The molecule has 0 spiro atoms. The van der Waals surface area contributed by atoms with Crippen LogP contribution in [0.1, 0.15) is 41.1 Å². The number of hydrogen-bond donors (Lipinski definition) is 1. The van der Waals surface area contributed by atoms with Gasteiger partial charge >= 0.3 is 0 Å². The second-order valence-corrected chi connectivity index (χ2v) is 7.51. The van der Waals surface area contributed by atoms with Gasteiger partial charge in [0.05, 0.1) is 25.5 Å². The quantitative estimate of drug-likeness (QED) is 0.666. The van der Waals surface area contributed by atoms with E-state index >= 15 is 0 Å². The third-order valence-electron chi connectivity index (χ3n) is 5.64. The van der Waals surface area contributed by atoms with Gasteiger partial charge in [0.25, 0.3) is 12.3 Å². The predicted octanol–water partition coefficient (Wildman–Crippen LogP) is 3.68. The first-order valence-electron chi connectivity index (χ1n) is 9.84. The van der Waals surface area contributed by atoms with Crippen LogP contribution in [0.25, 0.3) is 5.65 Å². The molecule has 1 aliphatic carbocycles.